The van der Waals surface area contributed by atoms with E-state index in [9.17, 15) is 4.79 Å². The van der Waals surface area contributed by atoms with Gasteiger partial charge in [-0.3, -0.25) is 0 Å². The second kappa shape index (κ2) is 10.1. The lowest BCUT2D eigenvalue weighted by Gasteiger charge is -2.23. The normalized spacial score (nSPS) is 12.3. The zero-order chi connectivity index (χ0) is 18.9. The lowest BCUT2D eigenvalue weighted by atomic mass is 10.1. The number of nitrogens with one attached hydrogen (secondary N) is 1. The molecule has 4 nitrogen and oxygen atoms in total. The van der Waals surface area contributed by atoms with Crippen molar-refractivity contribution >= 4 is 6.09 Å². The number of carbonyl (C=O) groups is 1. The summed E-state index contributed by atoms with van der Waals surface area (Å²) in [5, 5.41) is 2.88. The van der Waals surface area contributed by atoms with Crippen LogP contribution in [0.5, 0.6) is 0 Å². The SMILES string of the molecule is CC(=C=CC(C)C)[C@H](COCc1ccccc1)NC(=O)OC(C)(C)C. The predicted molar refractivity (Wildman–Crippen MR) is 101 cm³/mol. The van der Waals surface area contributed by atoms with Crippen LogP contribution in [0.4, 0.5) is 4.79 Å². The number of amides is 1. The molecule has 0 spiro atoms. The maximum absolute atomic E-state index is 12.1. The third-order valence-electron chi connectivity index (χ3n) is 3.25. The third kappa shape index (κ3) is 9.75. The highest BCUT2D eigenvalue weighted by Gasteiger charge is 2.20. The first-order valence-electron chi connectivity index (χ1n) is 8.72. The van der Waals surface area contributed by atoms with E-state index >= 15 is 0 Å². The first-order chi connectivity index (χ1) is 11.7. The standard InChI is InChI=1S/C21H31NO3/c1-16(2)12-13-17(3)19(22-20(23)25-21(4,5)6)15-24-14-18-10-8-7-9-11-18/h7-12,16,19H,14-15H2,1-6H3,(H,22,23)/t13?,19-/m0/s1. The Labute approximate surface area is 151 Å². The molecule has 0 aromatic heterocycles. The Hall–Kier alpha value is -2.03. The first-order valence-corrected chi connectivity index (χ1v) is 8.72. The molecule has 4 heteroatoms. The molecular weight excluding hydrogens is 314 g/mol. The highest BCUT2D eigenvalue weighted by Crippen LogP contribution is 2.10. The van der Waals surface area contributed by atoms with Crippen molar-refractivity contribution in [3.63, 3.8) is 0 Å². The number of benzene rings is 1. The maximum atomic E-state index is 12.1. The Balaban J connectivity index is 2.73. The molecule has 0 aliphatic heterocycles. The number of carbonyl (C=O) groups excluding carboxylic acids is 1. The van der Waals surface area contributed by atoms with Gasteiger partial charge in [0.05, 0.1) is 19.3 Å². The number of alkyl carbamates (subject to hydrolysis) is 1. The maximum Gasteiger partial charge on any atom is 0.408 e. The van der Waals surface area contributed by atoms with Crippen molar-refractivity contribution in [1.82, 2.24) is 5.32 Å². The van der Waals surface area contributed by atoms with E-state index < -0.39 is 11.7 Å². The van der Waals surface area contributed by atoms with Gasteiger partial charge < -0.3 is 14.8 Å². The van der Waals surface area contributed by atoms with Gasteiger partial charge in [-0.25, -0.2) is 4.79 Å². The van der Waals surface area contributed by atoms with Crippen molar-refractivity contribution < 1.29 is 14.3 Å². The number of ether oxygens (including phenoxy) is 2. The summed E-state index contributed by atoms with van der Waals surface area (Å²) in [6, 6.07) is 9.67. The Morgan fingerprint density at radius 1 is 1.24 bits per heavy atom. The van der Waals surface area contributed by atoms with E-state index in [0.717, 1.165) is 11.1 Å². The minimum atomic E-state index is -0.537. The Morgan fingerprint density at radius 3 is 2.44 bits per heavy atom. The fraction of sp³-hybridized carbons (Fsp3) is 0.524. The van der Waals surface area contributed by atoms with Crippen LogP contribution in [-0.4, -0.2) is 24.3 Å². The minimum Gasteiger partial charge on any atom is -0.444 e. The Morgan fingerprint density at radius 2 is 1.88 bits per heavy atom. The lowest BCUT2D eigenvalue weighted by molar-refractivity contribution is 0.0452. The molecular formula is C21H31NO3. The van der Waals surface area contributed by atoms with E-state index in [-0.39, 0.29) is 6.04 Å². The Kier molecular flexibility index (Phi) is 8.47. The molecule has 1 rings (SSSR count). The van der Waals surface area contributed by atoms with Gasteiger partial charge in [-0.05, 0) is 50.8 Å². The fourth-order valence-electron chi connectivity index (χ4n) is 1.99. The van der Waals surface area contributed by atoms with Crippen LogP contribution in [0.15, 0.2) is 47.7 Å². The van der Waals surface area contributed by atoms with Gasteiger partial charge in [-0.1, -0.05) is 44.2 Å². The molecule has 1 atom stereocenters. The van der Waals surface area contributed by atoms with E-state index in [0.29, 0.717) is 19.1 Å². The second-order valence-corrected chi connectivity index (χ2v) is 7.44. The van der Waals surface area contributed by atoms with Crippen molar-refractivity contribution in [2.75, 3.05) is 6.61 Å². The zero-order valence-corrected chi connectivity index (χ0v) is 16.3. The average molecular weight is 345 g/mol. The second-order valence-electron chi connectivity index (χ2n) is 7.44. The highest BCUT2D eigenvalue weighted by atomic mass is 16.6. The van der Waals surface area contributed by atoms with Crippen LogP contribution < -0.4 is 5.32 Å². The molecule has 0 saturated heterocycles. The molecule has 0 fully saturated rings. The zero-order valence-electron chi connectivity index (χ0n) is 16.3. The van der Waals surface area contributed by atoms with Crippen LogP contribution in [0, 0.1) is 5.92 Å². The van der Waals surface area contributed by atoms with Gasteiger partial charge in [0.2, 0.25) is 0 Å². The van der Waals surface area contributed by atoms with Crippen LogP contribution in [0.2, 0.25) is 0 Å². The summed E-state index contributed by atoms with van der Waals surface area (Å²) in [5.41, 5.74) is 4.71. The van der Waals surface area contributed by atoms with Crippen LogP contribution in [0.1, 0.15) is 47.1 Å². The quantitative estimate of drug-likeness (QED) is 0.718. The molecule has 0 bridgehead atoms. The van der Waals surface area contributed by atoms with E-state index in [1.807, 2.05) is 64.1 Å². The summed E-state index contributed by atoms with van der Waals surface area (Å²) >= 11 is 0. The van der Waals surface area contributed by atoms with Crippen molar-refractivity contribution in [2.24, 2.45) is 5.92 Å². The van der Waals surface area contributed by atoms with Gasteiger partial charge >= 0.3 is 6.09 Å². The van der Waals surface area contributed by atoms with Gasteiger partial charge in [0.15, 0.2) is 0 Å². The first kappa shape index (κ1) is 21.0. The molecule has 1 amide bonds. The number of rotatable bonds is 7. The molecule has 0 aliphatic rings. The van der Waals surface area contributed by atoms with Gasteiger partial charge in [0.1, 0.15) is 5.60 Å². The van der Waals surface area contributed by atoms with Crippen LogP contribution in [0.3, 0.4) is 0 Å². The summed E-state index contributed by atoms with van der Waals surface area (Å²) in [4.78, 5) is 12.1. The summed E-state index contributed by atoms with van der Waals surface area (Å²) in [6.45, 7) is 12.5. The van der Waals surface area contributed by atoms with Gasteiger partial charge in [-0.15, -0.1) is 5.73 Å². The molecule has 25 heavy (non-hydrogen) atoms. The molecule has 1 N–H and O–H groups in total. The van der Waals surface area contributed by atoms with E-state index in [1.54, 1.807) is 0 Å². The van der Waals surface area contributed by atoms with Gasteiger partial charge in [0.25, 0.3) is 0 Å². The summed E-state index contributed by atoms with van der Waals surface area (Å²) in [7, 11) is 0. The minimum absolute atomic E-state index is 0.284. The molecule has 1 aromatic carbocycles. The molecule has 0 unspecified atom stereocenters. The molecule has 138 valence electrons. The highest BCUT2D eigenvalue weighted by molar-refractivity contribution is 5.68. The average Bonchev–Trinajstić information content (AvgIpc) is 2.51. The van der Waals surface area contributed by atoms with Gasteiger partial charge in [-0.2, -0.15) is 0 Å². The smallest absolute Gasteiger partial charge is 0.408 e. The number of hydrogen-bond acceptors (Lipinski definition) is 3. The molecule has 0 saturated carbocycles. The van der Waals surface area contributed by atoms with Crippen molar-refractivity contribution in [1.29, 1.82) is 0 Å². The lowest BCUT2D eigenvalue weighted by Crippen LogP contribution is -2.42. The summed E-state index contributed by atoms with van der Waals surface area (Å²) in [5.74, 6) is 0.391. The van der Waals surface area contributed by atoms with Crippen molar-refractivity contribution in [3.8, 4) is 0 Å². The largest absolute Gasteiger partial charge is 0.444 e. The topological polar surface area (TPSA) is 47.6 Å². The van der Waals surface area contributed by atoms with Crippen LogP contribution in [-0.2, 0) is 16.1 Å². The summed E-state index contributed by atoms with van der Waals surface area (Å²) in [6.07, 6.45) is 1.53. The Bertz CT molecular complexity index is 593. The van der Waals surface area contributed by atoms with E-state index in [4.69, 9.17) is 9.47 Å². The van der Waals surface area contributed by atoms with E-state index in [2.05, 4.69) is 24.9 Å². The fourth-order valence-corrected chi connectivity index (χ4v) is 1.99. The van der Waals surface area contributed by atoms with E-state index in [1.165, 1.54) is 0 Å². The number of hydrogen-bond donors (Lipinski definition) is 1. The van der Waals surface area contributed by atoms with Crippen LogP contribution >= 0.6 is 0 Å². The molecule has 0 heterocycles. The van der Waals surface area contributed by atoms with Crippen molar-refractivity contribution in [2.45, 2.75) is 59.8 Å². The third-order valence-corrected chi connectivity index (χ3v) is 3.25. The summed E-state index contributed by atoms with van der Waals surface area (Å²) < 4.78 is 11.1. The molecule has 1 aromatic rings. The van der Waals surface area contributed by atoms with Gasteiger partial charge in [0, 0.05) is 0 Å². The van der Waals surface area contributed by atoms with Crippen LogP contribution in [0.25, 0.3) is 0 Å². The molecule has 0 aliphatic carbocycles. The monoisotopic (exact) mass is 345 g/mol. The molecule has 0 radical (unpaired) electrons. The predicted octanol–water partition coefficient (Wildman–Crippen LogP) is 4.85. The van der Waals surface area contributed by atoms with Crippen molar-refractivity contribution in [3.05, 3.63) is 53.3 Å².